The molecule has 1 N–H and O–H groups in total. The van der Waals surface area contributed by atoms with E-state index in [0.717, 1.165) is 0 Å². The van der Waals surface area contributed by atoms with Crippen LogP contribution < -0.4 is 5.69 Å². The first kappa shape index (κ1) is 14.3. The van der Waals surface area contributed by atoms with E-state index in [4.69, 9.17) is 0 Å². The van der Waals surface area contributed by atoms with Crippen molar-refractivity contribution in [3.05, 3.63) is 10.5 Å². The molecule has 1 rings (SSSR count). The third kappa shape index (κ3) is 3.86. The van der Waals surface area contributed by atoms with E-state index in [2.05, 4.69) is 10.2 Å². The van der Waals surface area contributed by atoms with Gasteiger partial charge in [-0.3, -0.25) is 4.57 Å². The van der Waals surface area contributed by atoms with Gasteiger partial charge in [0.05, 0.1) is 5.75 Å². The van der Waals surface area contributed by atoms with Gasteiger partial charge in [0.25, 0.3) is 0 Å². The Labute approximate surface area is 104 Å². The lowest BCUT2D eigenvalue weighted by Gasteiger charge is -2.10. The number of thioether (sulfide) groups is 1. The number of nitrogens with one attached hydrogen (secondary N) is 1. The molecule has 0 amide bonds. The summed E-state index contributed by atoms with van der Waals surface area (Å²) in [5, 5.41) is 6.70. The maximum atomic E-state index is 11.5. The van der Waals surface area contributed by atoms with Gasteiger partial charge in [-0.25, -0.2) is 22.6 Å². The first-order valence-corrected chi connectivity index (χ1v) is 7.58. The molecule has 7 nitrogen and oxygen atoms in total. The van der Waals surface area contributed by atoms with Crippen molar-refractivity contribution in [1.82, 2.24) is 19.1 Å². The molecular weight excluding hydrogens is 264 g/mol. The van der Waals surface area contributed by atoms with Gasteiger partial charge in [-0.2, -0.15) is 0 Å². The number of hydrogen-bond donors (Lipinski definition) is 1. The highest BCUT2D eigenvalue weighted by Crippen LogP contribution is 2.13. The van der Waals surface area contributed by atoms with Gasteiger partial charge in [0.1, 0.15) is 0 Å². The van der Waals surface area contributed by atoms with E-state index in [0.29, 0.717) is 17.3 Å². The van der Waals surface area contributed by atoms with Crippen molar-refractivity contribution in [3.63, 3.8) is 0 Å². The number of aromatic amines is 1. The summed E-state index contributed by atoms with van der Waals surface area (Å²) in [5.41, 5.74) is -0.270. The van der Waals surface area contributed by atoms with Crippen molar-refractivity contribution in [1.29, 1.82) is 0 Å². The predicted octanol–water partition coefficient (Wildman–Crippen LogP) is -0.518. The maximum Gasteiger partial charge on any atom is 0.343 e. The summed E-state index contributed by atoms with van der Waals surface area (Å²) in [6.07, 6.45) is 0.520. The third-order valence-electron chi connectivity index (χ3n) is 2.17. The molecule has 0 bridgehead atoms. The van der Waals surface area contributed by atoms with Gasteiger partial charge in [0.15, 0.2) is 5.16 Å². The Bertz CT molecular complexity index is 517. The zero-order chi connectivity index (χ0) is 13.1. The standard InChI is InChI=1S/C8H16N4O3S2/c1-11(2)17(14,15)6-4-5-16-8-10-9-7(13)12(8)3/h4-6H2,1-3H3,(H,9,13). The first-order valence-electron chi connectivity index (χ1n) is 4.99. The fraction of sp³-hybridized carbons (Fsp3) is 0.750. The second kappa shape index (κ2) is 5.69. The van der Waals surface area contributed by atoms with Crippen LogP contribution in [0.1, 0.15) is 6.42 Å². The third-order valence-corrected chi connectivity index (χ3v) is 5.21. The van der Waals surface area contributed by atoms with Gasteiger partial charge < -0.3 is 0 Å². The largest absolute Gasteiger partial charge is 0.343 e. The predicted molar refractivity (Wildman–Crippen MR) is 66.6 cm³/mol. The SMILES string of the molecule is CN(C)S(=O)(=O)CCCSc1n[nH]c(=O)n1C. The number of rotatable bonds is 6. The topological polar surface area (TPSA) is 88.1 Å². The minimum atomic E-state index is -3.13. The van der Waals surface area contributed by atoms with Crippen LogP contribution in [0, 0.1) is 0 Å². The molecule has 0 aliphatic heterocycles. The summed E-state index contributed by atoms with van der Waals surface area (Å²) >= 11 is 1.36. The van der Waals surface area contributed by atoms with E-state index in [1.807, 2.05) is 0 Å². The fourth-order valence-corrected chi connectivity index (χ4v) is 2.96. The highest BCUT2D eigenvalue weighted by Gasteiger charge is 2.13. The van der Waals surface area contributed by atoms with E-state index in [1.54, 1.807) is 7.05 Å². The van der Waals surface area contributed by atoms with Crippen LogP contribution in [0.15, 0.2) is 9.95 Å². The highest BCUT2D eigenvalue weighted by molar-refractivity contribution is 7.99. The van der Waals surface area contributed by atoms with Crippen molar-refractivity contribution in [2.24, 2.45) is 7.05 Å². The molecule has 0 spiro atoms. The van der Waals surface area contributed by atoms with Crippen LogP contribution in [-0.4, -0.2) is 53.1 Å². The number of nitrogens with zero attached hydrogens (tertiary/aromatic N) is 3. The second-order valence-corrected chi connectivity index (χ2v) is 7.04. The van der Waals surface area contributed by atoms with Crippen molar-refractivity contribution in [3.8, 4) is 0 Å². The zero-order valence-electron chi connectivity index (χ0n) is 10.0. The van der Waals surface area contributed by atoms with Gasteiger partial charge in [-0.05, 0) is 6.42 Å². The minimum Gasteiger partial charge on any atom is -0.273 e. The van der Waals surface area contributed by atoms with Crippen molar-refractivity contribution < 1.29 is 8.42 Å². The molecule has 17 heavy (non-hydrogen) atoms. The van der Waals surface area contributed by atoms with Crippen molar-refractivity contribution in [2.45, 2.75) is 11.6 Å². The van der Waals surface area contributed by atoms with Crippen LogP contribution >= 0.6 is 11.8 Å². The summed E-state index contributed by atoms with van der Waals surface area (Å²) in [7, 11) is 1.51. The molecule has 0 radical (unpaired) electrons. The smallest absolute Gasteiger partial charge is 0.273 e. The van der Waals surface area contributed by atoms with Crippen LogP contribution in [0.5, 0.6) is 0 Å². The summed E-state index contributed by atoms with van der Waals surface area (Å²) < 4.78 is 25.5. The van der Waals surface area contributed by atoms with Gasteiger partial charge in [0, 0.05) is 26.9 Å². The average Bonchev–Trinajstić information content (AvgIpc) is 2.55. The molecule has 0 fully saturated rings. The Balaban J connectivity index is 2.40. The van der Waals surface area contributed by atoms with E-state index < -0.39 is 10.0 Å². The first-order chi connectivity index (χ1) is 7.84. The van der Waals surface area contributed by atoms with Crippen LogP contribution in [0.3, 0.4) is 0 Å². The molecule has 0 saturated heterocycles. The Hall–Kier alpha value is -0.800. The van der Waals surface area contributed by atoms with E-state index in [1.165, 1.54) is 34.7 Å². The van der Waals surface area contributed by atoms with Crippen LogP contribution in [0.2, 0.25) is 0 Å². The lowest BCUT2D eigenvalue weighted by atomic mass is 10.6. The van der Waals surface area contributed by atoms with Crippen molar-refractivity contribution >= 4 is 21.8 Å². The molecule has 0 saturated carbocycles. The Kier molecular flexibility index (Phi) is 4.78. The normalized spacial score (nSPS) is 12.2. The van der Waals surface area contributed by atoms with Gasteiger partial charge >= 0.3 is 5.69 Å². The Morgan fingerprint density at radius 3 is 2.59 bits per heavy atom. The average molecular weight is 280 g/mol. The summed E-state index contributed by atoms with van der Waals surface area (Å²) in [5.74, 6) is 0.705. The quantitative estimate of drug-likeness (QED) is 0.559. The maximum absolute atomic E-state index is 11.5. The summed E-state index contributed by atoms with van der Waals surface area (Å²) in [6, 6.07) is 0. The molecule has 1 aromatic heterocycles. The highest BCUT2D eigenvalue weighted by atomic mass is 32.2. The molecule has 9 heteroatoms. The molecule has 0 aliphatic carbocycles. The molecule has 0 aliphatic rings. The molecule has 0 atom stereocenters. The second-order valence-electron chi connectivity index (χ2n) is 3.67. The number of H-pyrrole nitrogens is 1. The van der Waals surface area contributed by atoms with Gasteiger partial charge in [0.2, 0.25) is 10.0 Å². The van der Waals surface area contributed by atoms with Gasteiger partial charge in [-0.1, -0.05) is 11.8 Å². The summed E-state index contributed by atoms with van der Waals surface area (Å²) in [6.45, 7) is 0. The van der Waals surface area contributed by atoms with Gasteiger partial charge in [-0.15, -0.1) is 5.10 Å². The zero-order valence-corrected chi connectivity index (χ0v) is 11.6. The van der Waals surface area contributed by atoms with Crippen LogP contribution in [0.4, 0.5) is 0 Å². The Morgan fingerprint density at radius 2 is 2.12 bits per heavy atom. The number of sulfonamides is 1. The molecular formula is C8H16N4O3S2. The summed E-state index contributed by atoms with van der Waals surface area (Å²) in [4.78, 5) is 11.1. The molecule has 0 aromatic carbocycles. The van der Waals surface area contributed by atoms with Crippen molar-refractivity contribution in [2.75, 3.05) is 25.6 Å². The van der Waals surface area contributed by atoms with E-state index in [-0.39, 0.29) is 11.4 Å². The van der Waals surface area contributed by atoms with E-state index >= 15 is 0 Å². The fourth-order valence-electron chi connectivity index (χ4n) is 1.05. The number of aromatic nitrogens is 3. The number of hydrogen-bond acceptors (Lipinski definition) is 5. The lowest BCUT2D eigenvalue weighted by molar-refractivity contribution is 0.520. The van der Waals surface area contributed by atoms with Crippen LogP contribution in [-0.2, 0) is 17.1 Å². The minimum absolute atomic E-state index is 0.103. The Morgan fingerprint density at radius 1 is 1.47 bits per heavy atom. The molecule has 98 valence electrons. The molecule has 1 heterocycles. The van der Waals surface area contributed by atoms with E-state index in [9.17, 15) is 13.2 Å². The molecule has 0 unspecified atom stereocenters. The lowest BCUT2D eigenvalue weighted by Crippen LogP contribution is -2.25. The monoisotopic (exact) mass is 280 g/mol. The molecule has 1 aromatic rings. The van der Waals surface area contributed by atoms with Crippen LogP contribution in [0.25, 0.3) is 0 Å².